The van der Waals surface area contributed by atoms with Crippen LogP contribution in [-0.2, 0) is 6.42 Å². The van der Waals surface area contributed by atoms with Crippen LogP contribution < -0.4 is 0 Å². The van der Waals surface area contributed by atoms with Gasteiger partial charge in [-0.3, -0.25) is 4.57 Å². The topological polar surface area (TPSA) is 17.8 Å². The van der Waals surface area contributed by atoms with Crippen molar-refractivity contribution < 1.29 is 0 Å². The average Bonchev–Trinajstić information content (AvgIpc) is 2.82. The van der Waals surface area contributed by atoms with Gasteiger partial charge in [-0.25, -0.2) is 4.98 Å². The fourth-order valence-electron chi connectivity index (χ4n) is 2.59. The molecule has 0 radical (unpaired) electrons. The number of imidazole rings is 1. The van der Waals surface area contributed by atoms with Crippen LogP contribution in [0.25, 0.3) is 16.7 Å². The zero-order valence-corrected chi connectivity index (χ0v) is 14.4. The van der Waals surface area contributed by atoms with E-state index in [0.29, 0.717) is 5.88 Å². The number of halogens is 2. The van der Waals surface area contributed by atoms with Crippen molar-refractivity contribution in [1.82, 2.24) is 9.55 Å². The van der Waals surface area contributed by atoms with Crippen molar-refractivity contribution in [2.45, 2.75) is 20.3 Å². The highest BCUT2D eigenvalue weighted by Crippen LogP contribution is 2.27. The van der Waals surface area contributed by atoms with Crippen LogP contribution in [0, 0.1) is 13.8 Å². The summed E-state index contributed by atoms with van der Waals surface area (Å²) in [5.74, 6) is 1.57. The first-order chi connectivity index (χ1) is 10.1. The molecule has 4 heteroatoms. The van der Waals surface area contributed by atoms with Crippen LogP contribution in [0.1, 0.15) is 17.0 Å². The van der Waals surface area contributed by atoms with E-state index in [1.807, 2.05) is 6.07 Å². The van der Waals surface area contributed by atoms with Gasteiger partial charge in [-0.2, -0.15) is 0 Å². The van der Waals surface area contributed by atoms with E-state index in [1.165, 1.54) is 11.1 Å². The third kappa shape index (κ3) is 2.60. The van der Waals surface area contributed by atoms with Crippen molar-refractivity contribution >= 4 is 38.6 Å². The molecule has 1 aromatic heterocycles. The van der Waals surface area contributed by atoms with Crippen molar-refractivity contribution in [1.29, 1.82) is 0 Å². The van der Waals surface area contributed by atoms with Crippen LogP contribution >= 0.6 is 27.5 Å². The van der Waals surface area contributed by atoms with Crippen molar-refractivity contribution in [3.8, 4) is 5.69 Å². The Morgan fingerprint density at radius 2 is 1.95 bits per heavy atom. The van der Waals surface area contributed by atoms with Gasteiger partial charge in [0.05, 0.1) is 11.0 Å². The summed E-state index contributed by atoms with van der Waals surface area (Å²) in [4.78, 5) is 4.75. The molecule has 1 heterocycles. The highest BCUT2D eigenvalue weighted by atomic mass is 79.9. The predicted molar refractivity (Wildman–Crippen MR) is 92.7 cm³/mol. The maximum Gasteiger partial charge on any atom is 0.115 e. The molecule has 0 bridgehead atoms. The van der Waals surface area contributed by atoms with Crippen molar-refractivity contribution in [3.05, 3.63) is 57.8 Å². The lowest BCUT2D eigenvalue weighted by Crippen LogP contribution is -2.03. The first-order valence-corrected chi connectivity index (χ1v) is 8.24. The number of rotatable bonds is 3. The van der Waals surface area contributed by atoms with E-state index in [9.17, 15) is 0 Å². The quantitative estimate of drug-likeness (QED) is 0.586. The summed E-state index contributed by atoms with van der Waals surface area (Å²) in [6.07, 6.45) is 0.751. The Kier molecular flexibility index (Phi) is 4.05. The molecule has 108 valence electrons. The molecule has 0 amide bonds. The molecule has 0 aliphatic heterocycles. The van der Waals surface area contributed by atoms with Gasteiger partial charge < -0.3 is 0 Å². The lowest BCUT2D eigenvalue weighted by molar-refractivity contribution is 0.910. The summed E-state index contributed by atoms with van der Waals surface area (Å²) in [7, 11) is 0. The maximum absolute atomic E-state index is 5.96. The molecule has 21 heavy (non-hydrogen) atoms. The summed E-state index contributed by atoms with van der Waals surface area (Å²) >= 11 is 9.57. The van der Waals surface area contributed by atoms with E-state index in [0.717, 1.165) is 33.4 Å². The molecule has 3 aromatic rings. The first-order valence-electron chi connectivity index (χ1n) is 6.91. The maximum atomic E-state index is 5.96. The molecule has 0 aliphatic rings. The zero-order valence-electron chi connectivity index (χ0n) is 12.0. The van der Waals surface area contributed by atoms with Crippen LogP contribution in [0.3, 0.4) is 0 Å². The zero-order chi connectivity index (χ0) is 15.0. The van der Waals surface area contributed by atoms with E-state index >= 15 is 0 Å². The standard InChI is InChI=1S/C17H16BrClN2/c1-11-6-7-13(10-14(11)18)21-16(8-9-19)20-15-5-3-4-12(2)17(15)21/h3-7,10H,8-9H2,1-2H3. The number of alkyl halides is 1. The molecule has 2 nitrogen and oxygen atoms in total. The Morgan fingerprint density at radius 1 is 1.14 bits per heavy atom. The molecule has 0 N–H and O–H groups in total. The lowest BCUT2D eigenvalue weighted by atomic mass is 10.2. The Balaban J connectivity index is 2.32. The molecule has 0 aliphatic carbocycles. The molecule has 0 saturated carbocycles. The van der Waals surface area contributed by atoms with E-state index in [4.69, 9.17) is 16.6 Å². The largest absolute Gasteiger partial charge is 0.296 e. The highest BCUT2D eigenvalue weighted by Gasteiger charge is 2.14. The minimum atomic E-state index is 0.565. The summed E-state index contributed by atoms with van der Waals surface area (Å²) in [6.45, 7) is 4.21. The molecule has 2 aromatic carbocycles. The monoisotopic (exact) mass is 362 g/mol. The Morgan fingerprint density at radius 3 is 2.67 bits per heavy atom. The number of aromatic nitrogens is 2. The summed E-state index contributed by atoms with van der Waals surface area (Å²) < 4.78 is 3.32. The second-order valence-corrected chi connectivity index (χ2v) is 6.41. The van der Waals surface area contributed by atoms with E-state index < -0.39 is 0 Å². The minimum Gasteiger partial charge on any atom is -0.296 e. The summed E-state index contributed by atoms with van der Waals surface area (Å²) in [6, 6.07) is 12.6. The van der Waals surface area contributed by atoms with Gasteiger partial charge in [0.2, 0.25) is 0 Å². The second-order valence-electron chi connectivity index (χ2n) is 5.18. The molecule has 0 saturated heterocycles. The van der Waals surface area contributed by atoms with Crippen molar-refractivity contribution in [2.24, 2.45) is 0 Å². The van der Waals surface area contributed by atoms with Gasteiger partial charge in [0, 0.05) is 22.5 Å². The normalized spacial score (nSPS) is 11.2. The van der Waals surface area contributed by atoms with Crippen LogP contribution in [0.4, 0.5) is 0 Å². The smallest absolute Gasteiger partial charge is 0.115 e. The van der Waals surface area contributed by atoms with Crippen LogP contribution in [0.5, 0.6) is 0 Å². The fraction of sp³-hybridized carbons (Fsp3) is 0.235. The van der Waals surface area contributed by atoms with Crippen LogP contribution in [0.2, 0.25) is 0 Å². The third-order valence-electron chi connectivity index (χ3n) is 3.68. The molecule has 0 atom stereocenters. The molecule has 0 unspecified atom stereocenters. The number of fused-ring (bicyclic) bond motifs is 1. The number of para-hydroxylation sites is 1. The number of benzene rings is 2. The van der Waals surface area contributed by atoms with Gasteiger partial charge in [0.25, 0.3) is 0 Å². The van der Waals surface area contributed by atoms with E-state index in [1.54, 1.807) is 0 Å². The molecular weight excluding hydrogens is 348 g/mol. The van der Waals surface area contributed by atoms with E-state index in [-0.39, 0.29) is 0 Å². The van der Waals surface area contributed by atoms with Gasteiger partial charge >= 0.3 is 0 Å². The third-order valence-corrected chi connectivity index (χ3v) is 4.72. The lowest BCUT2D eigenvalue weighted by Gasteiger charge is -2.11. The number of hydrogen-bond acceptors (Lipinski definition) is 1. The van der Waals surface area contributed by atoms with Gasteiger partial charge in [-0.05, 0) is 43.2 Å². The molecule has 3 rings (SSSR count). The van der Waals surface area contributed by atoms with Gasteiger partial charge in [-0.15, -0.1) is 11.6 Å². The van der Waals surface area contributed by atoms with E-state index in [2.05, 4.69) is 64.7 Å². The van der Waals surface area contributed by atoms with Crippen LogP contribution in [-0.4, -0.2) is 15.4 Å². The number of hydrogen-bond donors (Lipinski definition) is 0. The fourth-order valence-corrected chi connectivity index (χ4v) is 3.13. The second kappa shape index (κ2) is 5.82. The SMILES string of the molecule is Cc1ccc(-n2c(CCCl)nc3cccc(C)c32)cc1Br. The van der Waals surface area contributed by atoms with Crippen molar-refractivity contribution in [2.75, 3.05) is 5.88 Å². The summed E-state index contributed by atoms with van der Waals surface area (Å²) in [5, 5.41) is 0. The predicted octanol–water partition coefficient (Wildman–Crippen LogP) is 5.19. The average molecular weight is 364 g/mol. The highest BCUT2D eigenvalue weighted by molar-refractivity contribution is 9.10. The van der Waals surface area contributed by atoms with Gasteiger partial charge in [0.15, 0.2) is 0 Å². The minimum absolute atomic E-state index is 0.565. The number of aryl methyl sites for hydroxylation is 3. The Labute approximate surface area is 137 Å². The number of nitrogens with zero attached hydrogens (tertiary/aromatic N) is 2. The molecular formula is C17H16BrClN2. The van der Waals surface area contributed by atoms with Crippen molar-refractivity contribution in [3.63, 3.8) is 0 Å². The molecule has 0 spiro atoms. The Bertz CT molecular complexity index is 808. The Hall–Kier alpha value is -1.32. The van der Waals surface area contributed by atoms with Gasteiger partial charge in [-0.1, -0.05) is 34.1 Å². The molecule has 0 fully saturated rings. The first kappa shape index (κ1) is 14.6. The summed E-state index contributed by atoms with van der Waals surface area (Å²) in [5.41, 5.74) is 5.74. The van der Waals surface area contributed by atoms with Gasteiger partial charge in [0.1, 0.15) is 5.82 Å². The van der Waals surface area contributed by atoms with Crippen LogP contribution in [0.15, 0.2) is 40.9 Å².